The van der Waals surface area contributed by atoms with E-state index in [9.17, 15) is 19.5 Å². The minimum absolute atomic E-state index is 0.101. The predicted molar refractivity (Wildman–Crippen MR) is 81.0 cm³/mol. The van der Waals surface area contributed by atoms with E-state index in [-0.39, 0.29) is 12.4 Å². The zero-order valence-corrected chi connectivity index (χ0v) is 13.0. The van der Waals surface area contributed by atoms with Crippen LogP contribution in [0.5, 0.6) is 5.75 Å². The molecule has 1 atom stereocenters. The summed E-state index contributed by atoms with van der Waals surface area (Å²) in [6.07, 6.45) is 0.957. The van der Waals surface area contributed by atoms with Crippen molar-refractivity contribution in [1.29, 1.82) is 0 Å². The monoisotopic (exact) mass is 307 g/mol. The van der Waals surface area contributed by atoms with Gasteiger partial charge in [0.05, 0.1) is 0 Å². The van der Waals surface area contributed by atoms with E-state index >= 15 is 0 Å². The summed E-state index contributed by atoms with van der Waals surface area (Å²) in [6.45, 7) is 4.44. The Morgan fingerprint density at radius 2 is 2.00 bits per heavy atom. The third-order valence-electron chi connectivity index (χ3n) is 3.25. The van der Waals surface area contributed by atoms with Crippen molar-refractivity contribution in [2.45, 2.75) is 39.2 Å². The number of benzene rings is 1. The molecular formula is C16H21NO5. The van der Waals surface area contributed by atoms with Crippen LogP contribution in [0.25, 0.3) is 0 Å². The SMILES string of the molecule is CCCC(C)(NC(=O)COc1cccc(C(C)=O)c1)C(=O)O. The zero-order valence-electron chi connectivity index (χ0n) is 13.0. The number of Topliss-reactive ketones (excluding diaryl/α,β-unsaturated/α-hetero) is 1. The highest BCUT2D eigenvalue weighted by molar-refractivity contribution is 5.94. The molecular weight excluding hydrogens is 286 g/mol. The van der Waals surface area contributed by atoms with E-state index < -0.39 is 17.4 Å². The van der Waals surface area contributed by atoms with Crippen molar-refractivity contribution in [1.82, 2.24) is 5.32 Å². The molecule has 1 rings (SSSR count). The van der Waals surface area contributed by atoms with Gasteiger partial charge in [0.1, 0.15) is 11.3 Å². The largest absolute Gasteiger partial charge is 0.484 e. The molecule has 0 radical (unpaired) electrons. The molecule has 0 aliphatic carbocycles. The molecule has 0 saturated heterocycles. The molecule has 0 spiro atoms. The summed E-state index contributed by atoms with van der Waals surface area (Å²) in [6, 6.07) is 6.47. The van der Waals surface area contributed by atoms with Gasteiger partial charge in [-0.3, -0.25) is 9.59 Å². The average Bonchev–Trinajstić information content (AvgIpc) is 2.45. The highest BCUT2D eigenvalue weighted by Crippen LogP contribution is 2.15. The van der Waals surface area contributed by atoms with Crippen LogP contribution in [0.3, 0.4) is 0 Å². The molecule has 0 aromatic heterocycles. The molecule has 2 N–H and O–H groups in total. The van der Waals surface area contributed by atoms with E-state index in [1.807, 2.05) is 6.92 Å². The molecule has 0 heterocycles. The molecule has 0 bridgehead atoms. The van der Waals surface area contributed by atoms with Gasteiger partial charge in [-0.25, -0.2) is 4.79 Å². The lowest BCUT2D eigenvalue weighted by molar-refractivity contribution is -0.147. The maximum atomic E-state index is 11.9. The van der Waals surface area contributed by atoms with Gasteiger partial charge in [0.2, 0.25) is 0 Å². The Balaban J connectivity index is 2.64. The van der Waals surface area contributed by atoms with Gasteiger partial charge >= 0.3 is 5.97 Å². The highest BCUT2D eigenvalue weighted by Gasteiger charge is 2.33. The topological polar surface area (TPSA) is 92.7 Å². The molecule has 0 aliphatic rings. The molecule has 1 unspecified atom stereocenters. The van der Waals surface area contributed by atoms with Crippen LogP contribution >= 0.6 is 0 Å². The molecule has 6 heteroatoms. The molecule has 22 heavy (non-hydrogen) atoms. The van der Waals surface area contributed by atoms with Crippen LogP contribution in [0.4, 0.5) is 0 Å². The first-order valence-corrected chi connectivity index (χ1v) is 7.06. The predicted octanol–water partition coefficient (Wildman–Crippen LogP) is 2.03. The third kappa shape index (κ3) is 4.87. The summed E-state index contributed by atoms with van der Waals surface area (Å²) in [5.74, 6) is -1.32. The Labute approximate surface area is 129 Å². The Hall–Kier alpha value is -2.37. The van der Waals surface area contributed by atoms with Crippen molar-refractivity contribution in [3.8, 4) is 5.75 Å². The molecule has 120 valence electrons. The van der Waals surface area contributed by atoms with Crippen molar-refractivity contribution in [2.75, 3.05) is 6.61 Å². The van der Waals surface area contributed by atoms with E-state index in [4.69, 9.17) is 4.74 Å². The normalized spacial score (nSPS) is 13.0. The van der Waals surface area contributed by atoms with Crippen LogP contribution in [0.1, 0.15) is 44.0 Å². The van der Waals surface area contributed by atoms with Gasteiger partial charge in [-0.05, 0) is 32.4 Å². The fourth-order valence-corrected chi connectivity index (χ4v) is 2.02. The van der Waals surface area contributed by atoms with Crippen LogP contribution in [0.15, 0.2) is 24.3 Å². The van der Waals surface area contributed by atoms with Gasteiger partial charge in [-0.15, -0.1) is 0 Å². The lowest BCUT2D eigenvalue weighted by Gasteiger charge is -2.25. The number of hydrogen-bond acceptors (Lipinski definition) is 4. The second-order valence-electron chi connectivity index (χ2n) is 5.31. The summed E-state index contributed by atoms with van der Waals surface area (Å²) in [4.78, 5) is 34.4. The van der Waals surface area contributed by atoms with Gasteiger partial charge in [-0.1, -0.05) is 25.5 Å². The molecule has 1 aromatic carbocycles. The summed E-state index contributed by atoms with van der Waals surface area (Å²) in [7, 11) is 0. The zero-order chi connectivity index (χ0) is 16.8. The Kier molecular flexibility index (Phi) is 6.10. The van der Waals surface area contributed by atoms with E-state index in [1.165, 1.54) is 19.9 Å². The summed E-state index contributed by atoms with van der Waals surface area (Å²) >= 11 is 0. The van der Waals surface area contributed by atoms with Crippen LogP contribution < -0.4 is 10.1 Å². The van der Waals surface area contributed by atoms with Gasteiger partial charge in [0.15, 0.2) is 12.4 Å². The van der Waals surface area contributed by atoms with Gasteiger partial charge < -0.3 is 15.2 Å². The van der Waals surface area contributed by atoms with E-state index in [1.54, 1.807) is 18.2 Å². The maximum Gasteiger partial charge on any atom is 0.329 e. The van der Waals surface area contributed by atoms with E-state index in [0.29, 0.717) is 24.2 Å². The Morgan fingerprint density at radius 3 is 2.55 bits per heavy atom. The second-order valence-corrected chi connectivity index (χ2v) is 5.31. The van der Waals surface area contributed by atoms with Crippen LogP contribution in [-0.4, -0.2) is 34.9 Å². The number of carboxylic acids is 1. The maximum absolute atomic E-state index is 11.9. The van der Waals surface area contributed by atoms with Crippen LogP contribution in [0, 0.1) is 0 Å². The molecule has 1 aromatic rings. The van der Waals surface area contributed by atoms with Crippen molar-refractivity contribution in [3.63, 3.8) is 0 Å². The lowest BCUT2D eigenvalue weighted by Crippen LogP contribution is -2.53. The van der Waals surface area contributed by atoms with E-state index in [2.05, 4.69) is 5.32 Å². The molecule has 0 saturated carbocycles. The highest BCUT2D eigenvalue weighted by atomic mass is 16.5. The second kappa shape index (κ2) is 7.59. The third-order valence-corrected chi connectivity index (χ3v) is 3.25. The Bertz CT molecular complexity index is 569. The number of carboxylic acid groups (broad SMARTS) is 1. The molecule has 0 aliphatic heterocycles. The average molecular weight is 307 g/mol. The number of ketones is 1. The quantitative estimate of drug-likeness (QED) is 0.717. The fourth-order valence-electron chi connectivity index (χ4n) is 2.02. The van der Waals surface area contributed by atoms with Crippen LogP contribution in [0.2, 0.25) is 0 Å². The number of rotatable bonds is 8. The van der Waals surface area contributed by atoms with Crippen molar-refractivity contribution in [2.24, 2.45) is 0 Å². The number of carbonyl (C=O) groups is 3. The summed E-state index contributed by atoms with van der Waals surface area (Å²) in [5.41, 5.74) is -0.824. The first kappa shape index (κ1) is 17.7. The number of amides is 1. The molecule has 6 nitrogen and oxygen atoms in total. The standard InChI is InChI=1S/C16H21NO5/c1-4-8-16(3,15(20)21)17-14(19)10-22-13-7-5-6-12(9-13)11(2)18/h5-7,9H,4,8,10H2,1-3H3,(H,17,19)(H,20,21). The van der Waals surface area contributed by atoms with Crippen LogP contribution in [-0.2, 0) is 9.59 Å². The van der Waals surface area contributed by atoms with Crippen molar-refractivity contribution >= 4 is 17.7 Å². The first-order chi connectivity index (χ1) is 10.3. The first-order valence-electron chi connectivity index (χ1n) is 7.06. The van der Waals surface area contributed by atoms with E-state index in [0.717, 1.165) is 0 Å². The number of carbonyl (C=O) groups excluding carboxylic acids is 2. The minimum Gasteiger partial charge on any atom is -0.484 e. The Morgan fingerprint density at radius 1 is 1.32 bits per heavy atom. The minimum atomic E-state index is -1.31. The fraction of sp³-hybridized carbons (Fsp3) is 0.438. The van der Waals surface area contributed by atoms with Gasteiger partial charge in [0, 0.05) is 5.56 Å². The number of aliphatic carboxylic acids is 1. The number of nitrogens with one attached hydrogen (secondary N) is 1. The lowest BCUT2D eigenvalue weighted by atomic mass is 9.96. The number of hydrogen-bond donors (Lipinski definition) is 2. The van der Waals surface area contributed by atoms with Crippen molar-refractivity contribution < 1.29 is 24.2 Å². The number of ether oxygens (including phenoxy) is 1. The summed E-state index contributed by atoms with van der Waals surface area (Å²) < 4.78 is 5.31. The molecule has 0 fully saturated rings. The molecule has 1 amide bonds. The van der Waals surface area contributed by atoms with Crippen molar-refractivity contribution in [3.05, 3.63) is 29.8 Å². The smallest absolute Gasteiger partial charge is 0.329 e. The summed E-state index contributed by atoms with van der Waals surface area (Å²) in [5, 5.41) is 11.7. The van der Waals surface area contributed by atoms with Gasteiger partial charge in [0.25, 0.3) is 5.91 Å². The van der Waals surface area contributed by atoms with Gasteiger partial charge in [-0.2, -0.15) is 0 Å².